The lowest BCUT2D eigenvalue weighted by Crippen LogP contribution is -2.32. The highest BCUT2D eigenvalue weighted by Gasteiger charge is 2.28. The molecule has 0 spiro atoms. The Hall–Kier alpha value is -0.580. The van der Waals surface area contributed by atoms with Crippen molar-refractivity contribution in [2.45, 2.75) is 38.8 Å². The standard InChI is InChI=1S/C13H21N3O.ClH/c1-2-17-9-12-6-14-5-11-7-15-16(13(11)12)8-10-3-4-10;/h7,10,12,14H,2-6,8-9H2,1H3;1H. The molecule has 1 aromatic rings. The molecule has 18 heavy (non-hydrogen) atoms. The summed E-state index contributed by atoms with van der Waals surface area (Å²) in [4.78, 5) is 0. The van der Waals surface area contributed by atoms with Gasteiger partial charge < -0.3 is 10.1 Å². The van der Waals surface area contributed by atoms with Crippen LogP contribution in [-0.2, 0) is 17.8 Å². The number of fused-ring (bicyclic) bond motifs is 1. The van der Waals surface area contributed by atoms with Crippen LogP contribution in [0.25, 0.3) is 0 Å². The number of rotatable bonds is 5. The number of aromatic nitrogens is 2. The molecule has 2 heterocycles. The van der Waals surface area contributed by atoms with E-state index < -0.39 is 0 Å². The molecule has 0 bridgehead atoms. The normalized spacial score (nSPS) is 22.4. The maximum Gasteiger partial charge on any atom is 0.0562 e. The summed E-state index contributed by atoms with van der Waals surface area (Å²) in [6.07, 6.45) is 4.79. The second-order valence-electron chi connectivity index (χ2n) is 5.17. The van der Waals surface area contributed by atoms with Gasteiger partial charge in [0, 0.05) is 43.4 Å². The summed E-state index contributed by atoms with van der Waals surface area (Å²) < 4.78 is 7.83. The van der Waals surface area contributed by atoms with Gasteiger partial charge in [-0.2, -0.15) is 5.10 Å². The van der Waals surface area contributed by atoms with Gasteiger partial charge in [-0.25, -0.2) is 0 Å². The van der Waals surface area contributed by atoms with Crippen molar-refractivity contribution in [2.75, 3.05) is 19.8 Å². The van der Waals surface area contributed by atoms with Gasteiger partial charge in [0.1, 0.15) is 0 Å². The number of hydrogen-bond donors (Lipinski definition) is 1. The van der Waals surface area contributed by atoms with Gasteiger partial charge in [-0.3, -0.25) is 4.68 Å². The van der Waals surface area contributed by atoms with Crippen molar-refractivity contribution in [2.24, 2.45) is 5.92 Å². The molecule has 1 fully saturated rings. The summed E-state index contributed by atoms with van der Waals surface area (Å²) in [6.45, 7) is 6.75. The lowest BCUT2D eigenvalue weighted by atomic mass is 9.98. The molecule has 3 rings (SSSR count). The maximum absolute atomic E-state index is 5.59. The summed E-state index contributed by atoms with van der Waals surface area (Å²) in [5.41, 5.74) is 2.78. The minimum absolute atomic E-state index is 0. The Morgan fingerprint density at radius 3 is 3.06 bits per heavy atom. The third-order valence-corrected chi connectivity index (χ3v) is 3.70. The van der Waals surface area contributed by atoms with E-state index in [1.165, 1.54) is 24.1 Å². The molecule has 0 aromatic carbocycles. The van der Waals surface area contributed by atoms with Gasteiger partial charge in [0.05, 0.1) is 12.8 Å². The van der Waals surface area contributed by atoms with Crippen molar-refractivity contribution < 1.29 is 4.74 Å². The number of hydrogen-bond acceptors (Lipinski definition) is 3. The average molecular weight is 272 g/mol. The van der Waals surface area contributed by atoms with Crippen LogP contribution in [0, 0.1) is 5.92 Å². The molecule has 102 valence electrons. The van der Waals surface area contributed by atoms with Gasteiger partial charge in [0.25, 0.3) is 0 Å². The molecule has 5 heteroatoms. The predicted molar refractivity (Wildman–Crippen MR) is 73.1 cm³/mol. The Kier molecular flexibility index (Phi) is 4.65. The zero-order valence-electron chi connectivity index (χ0n) is 10.9. The SMILES string of the molecule is CCOCC1CNCc2cnn(CC3CC3)c21.Cl. The maximum atomic E-state index is 5.59. The first-order valence-electron chi connectivity index (χ1n) is 6.71. The van der Waals surface area contributed by atoms with Crippen molar-refractivity contribution in [1.29, 1.82) is 0 Å². The lowest BCUT2D eigenvalue weighted by molar-refractivity contribution is 0.127. The van der Waals surface area contributed by atoms with Crippen LogP contribution in [-0.4, -0.2) is 29.5 Å². The van der Waals surface area contributed by atoms with E-state index in [1.54, 1.807) is 0 Å². The molecule has 1 N–H and O–H groups in total. The fourth-order valence-corrected chi connectivity index (χ4v) is 2.61. The summed E-state index contributed by atoms with van der Waals surface area (Å²) in [6, 6.07) is 0. The lowest BCUT2D eigenvalue weighted by Gasteiger charge is -2.25. The highest BCUT2D eigenvalue weighted by molar-refractivity contribution is 5.85. The first-order chi connectivity index (χ1) is 8.38. The molecule has 1 aromatic heterocycles. The van der Waals surface area contributed by atoms with Crippen LogP contribution in [0.1, 0.15) is 36.9 Å². The molecule has 1 atom stereocenters. The van der Waals surface area contributed by atoms with Crippen LogP contribution in [0.4, 0.5) is 0 Å². The van der Waals surface area contributed by atoms with Crippen LogP contribution in [0.5, 0.6) is 0 Å². The molecule has 1 aliphatic carbocycles. The number of nitrogens with zero attached hydrogens (tertiary/aromatic N) is 2. The van der Waals surface area contributed by atoms with E-state index >= 15 is 0 Å². The zero-order valence-corrected chi connectivity index (χ0v) is 11.7. The molecule has 1 unspecified atom stereocenters. The quantitative estimate of drug-likeness (QED) is 0.890. The first kappa shape index (κ1) is 13.8. The average Bonchev–Trinajstić information content (AvgIpc) is 3.07. The van der Waals surface area contributed by atoms with Crippen LogP contribution >= 0.6 is 12.4 Å². The Bertz CT molecular complexity index is 390. The van der Waals surface area contributed by atoms with E-state index in [0.717, 1.165) is 38.8 Å². The van der Waals surface area contributed by atoms with Crippen LogP contribution in [0.2, 0.25) is 0 Å². The van der Waals surface area contributed by atoms with Crippen molar-refractivity contribution in [3.8, 4) is 0 Å². The third-order valence-electron chi connectivity index (χ3n) is 3.70. The van der Waals surface area contributed by atoms with E-state index in [2.05, 4.69) is 22.0 Å². The third kappa shape index (κ3) is 2.87. The van der Waals surface area contributed by atoms with Gasteiger partial charge in [0.15, 0.2) is 0 Å². The van der Waals surface area contributed by atoms with Crippen LogP contribution in [0.15, 0.2) is 6.20 Å². The molecule has 0 saturated heterocycles. The van der Waals surface area contributed by atoms with Crippen molar-refractivity contribution in [3.05, 3.63) is 17.5 Å². The molecular weight excluding hydrogens is 250 g/mol. The zero-order chi connectivity index (χ0) is 11.7. The second kappa shape index (κ2) is 6.04. The van der Waals surface area contributed by atoms with E-state index in [0.29, 0.717) is 5.92 Å². The van der Waals surface area contributed by atoms with Crippen molar-refractivity contribution in [1.82, 2.24) is 15.1 Å². The number of ether oxygens (including phenoxy) is 1. The van der Waals surface area contributed by atoms with Gasteiger partial charge in [0.2, 0.25) is 0 Å². The Morgan fingerprint density at radius 1 is 1.50 bits per heavy atom. The summed E-state index contributed by atoms with van der Waals surface area (Å²) in [5, 5.41) is 8.01. The van der Waals surface area contributed by atoms with Gasteiger partial charge >= 0.3 is 0 Å². The summed E-state index contributed by atoms with van der Waals surface area (Å²) in [7, 11) is 0. The monoisotopic (exact) mass is 271 g/mol. The fraction of sp³-hybridized carbons (Fsp3) is 0.769. The first-order valence-corrected chi connectivity index (χ1v) is 6.71. The summed E-state index contributed by atoms with van der Waals surface area (Å²) >= 11 is 0. The largest absolute Gasteiger partial charge is 0.381 e. The molecule has 4 nitrogen and oxygen atoms in total. The summed E-state index contributed by atoms with van der Waals surface area (Å²) in [5.74, 6) is 1.35. The van der Waals surface area contributed by atoms with Crippen molar-refractivity contribution in [3.63, 3.8) is 0 Å². The highest BCUT2D eigenvalue weighted by atomic mass is 35.5. The molecule has 0 amide bonds. The Morgan fingerprint density at radius 2 is 2.33 bits per heavy atom. The highest BCUT2D eigenvalue weighted by Crippen LogP contribution is 2.33. The van der Waals surface area contributed by atoms with Gasteiger partial charge in [-0.15, -0.1) is 12.4 Å². The minimum atomic E-state index is 0. The van der Waals surface area contributed by atoms with E-state index in [9.17, 15) is 0 Å². The van der Waals surface area contributed by atoms with E-state index in [1.807, 2.05) is 6.20 Å². The smallest absolute Gasteiger partial charge is 0.0562 e. The molecule has 0 radical (unpaired) electrons. The van der Waals surface area contributed by atoms with Gasteiger partial charge in [-0.05, 0) is 25.7 Å². The van der Waals surface area contributed by atoms with Crippen LogP contribution < -0.4 is 5.32 Å². The van der Waals surface area contributed by atoms with Crippen LogP contribution in [0.3, 0.4) is 0 Å². The molecule has 1 aliphatic heterocycles. The van der Waals surface area contributed by atoms with E-state index in [4.69, 9.17) is 4.74 Å². The Labute approximate surface area is 114 Å². The second-order valence-corrected chi connectivity index (χ2v) is 5.17. The fourth-order valence-electron chi connectivity index (χ4n) is 2.61. The topological polar surface area (TPSA) is 39.1 Å². The Balaban J connectivity index is 0.00000120. The molecule has 1 saturated carbocycles. The van der Waals surface area contributed by atoms with Gasteiger partial charge in [-0.1, -0.05) is 0 Å². The predicted octanol–water partition coefficient (Wildman–Crippen LogP) is 1.94. The van der Waals surface area contributed by atoms with Crippen molar-refractivity contribution >= 4 is 12.4 Å². The van der Waals surface area contributed by atoms with E-state index in [-0.39, 0.29) is 12.4 Å². The molecular formula is C13H22ClN3O. The number of halogens is 1. The number of nitrogens with one attached hydrogen (secondary N) is 1. The molecule has 2 aliphatic rings. The minimum Gasteiger partial charge on any atom is -0.381 e.